The van der Waals surface area contributed by atoms with Crippen molar-refractivity contribution in [1.29, 1.82) is 0 Å². The molecule has 0 fully saturated rings. The van der Waals surface area contributed by atoms with Crippen molar-refractivity contribution in [2.24, 2.45) is 0 Å². The van der Waals surface area contributed by atoms with Gasteiger partial charge in [-0.05, 0) is 49.7 Å². The summed E-state index contributed by atoms with van der Waals surface area (Å²) < 4.78 is 13.6. The molecular weight excluding hydrogens is 281 g/mol. The maximum atomic E-state index is 13.6. The number of hydrogen-bond donors (Lipinski definition) is 1. The zero-order chi connectivity index (χ0) is 15.7. The minimum Gasteiger partial charge on any atom is -0.306 e. The van der Waals surface area contributed by atoms with Gasteiger partial charge in [-0.3, -0.25) is 4.79 Å². The molecule has 4 nitrogen and oxygen atoms in total. The van der Waals surface area contributed by atoms with Gasteiger partial charge in [-0.15, -0.1) is 0 Å². The summed E-state index contributed by atoms with van der Waals surface area (Å²) in [7, 11) is 0. The number of halogens is 1. The molecule has 0 spiro atoms. The first-order chi connectivity index (χ1) is 10.5. The van der Waals surface area contributed by atoms with E-state index in [-0.39, 0.29) is 5.56 Å². The lowest BCUT2D eigenvalue weighted by atomic mass is 10.1. The number of anilines is 1. The molecule has 1 N–H and O–H groups in total. The van der Waals surface area contributed by atoms with E-state index in [2.05, 4.69) is 15.3 Å². The molecular formula is C17H14FN3O. The van der Waals surface area contributed by atoms with E-state index in [0.29, 0.717) is 11.5 Å². The summed E-state index contributed by atoms with van der Waals surface area (Å²) in [6, 6.07) is 11.3. The second kappa shape index (κ2) is 5.52. The predicted octanol–water partition coefficient (Wildman–Crippen LogP) is 3.64. The summed E-state index contributed by atoms with van der Waals surface area (Å²) in [6.07, 6.45) is 0. The molecule has 0 unspecified atom stereocenters. The minimum atomic E-state index is -0.564. The van der Waals surface area contributed by atoms with E-state index in [1.807, 2.05) is 26.0 Å². The van der Waals surface area contributed by atoms with Crippen molar-refractivity contribution in [3.8, 4) is 0 Å². The zero-order valence-corrected chi connectivity index (χ0v) is 12.2. The molecule has 3 rings (SSSR count). The van der Waals surface area contributed by atoms with Crippen LogP contribution >= 0.6 is 0 Å². The van der Waals surface area contributed by atoms with Gasteiger partial charge in [0.05, 0.1) is 5.56 Å². The van der Waals surface area contributed by atoms with Crippen molar-refractivity contribution in [1.82, 2.24) is 9.97 Å². The third-order valence-corrected chi connectivity index (χ3v) is 3.37. The number of nitrogens with one attached hydrogen (secondary N) is 1. The second-order valence-electron chi connectivity index (χ2n) is 5.08. The molecule has 0 saturated carbocycles. The number of aromatic nitrogens is 2. The number of aryl methyl sites for hydroxylation is 2. The van der Waals surface area contributed by atoms with E-state index in [1.165, 1.54) is 18.2 Å². The molecule has 0 radical (unpaired) electrons. The first kappa shape index (κ1) is 14.1. The Morgan fingerprint density at radius 1 is 1.09 bits per heavy atom. The van der Waals surface area contributed by atoms with Gasteiger partial charge < -0.3 is 5.32 Å². The Bertz CT molecular complexity index is 877. The van der Waals surface area contributed by atoms with Crippen molar-refractivity contribution < 1.29 is 9.18 Å². The molecule has 0 aliphatic rings. The van der Waals surface area contributed by atoms with Gasteiger partial charge in [0.2, 0.25) is 0 Å². The lowest BCUT2D eigenvalue weighted by molar-refractivity contribution is 0.102. The van der Waals surface area contributed by atoms with Crippen molar-refractivity contribution in [3.63, 3.8) is 0 Å². The van der Waals surface area contributed by atoms with Gasteiger partial charge in [-0.2, -0.15) is 0 Å². The highest BCUT2D eigenvalue weighted by Crippen LogP contribution is 2.19. The van der Waals surface area contributed by atoms with E-state index in [4.69, 9.17) is 0 Å². The van der Waals surface area contributed by atoms with Crippen LogP contribution in [0.5, 0.6) is 0 Å². The molecule has 0 aliphatic heterocycles. The molecule has 5 heteroatoms. The number of fused-ring (bicyclic) bond motifs is 1. The lowest BCUT2D eigenvalue weighted by Crippen LogP contribution is -2.14. The van der Waals surface area contributed by atoms with Crippen LogP contribution in [0.2, 0.25) is 0 Å². The van der Waals surface area contributed by atoms with E-state index < -0.39 is 11.7 Å². The number of carbonyl (C=O) groups excluding carboxylic acids is 1. The zero-order valence-electron chi connectivity index (χ0n) is 12.2. The van der Waals surface area contributed by atoms with Crippen LogP contribution in [0.3, 0.4) is 0 Å². The average Bonchev–Trinajstić information content (AvgIpc) is 2.47. The highest BCUT2D eigenvalue weighted by molar-refractivity contribution is 6.04. The standard InChI is InChI=1S/C17H14FN3O/c1-10-9-11(2)19-16-12(10)7-8-15(20-16)21-17(22)13-5-3-4-6-14(13)18/h3-9H,1-2H3,(H,19,20,21,22). The minimum absolute atomic E-state index is 0.0159. The predicted molar refractivity (Wildman–Crippen MR) is 83.4 cm³/mol. The van der Waals surface area contributed by atoms with Gasteiger partial charge in [0.25, 0.3) is 5.91 Å². The van der Waals surface area contributed by atoms with Gasteiger partial charge in [0.15, 0.2) is 5.65 Å². The third kappa shape index (κ3) is 2.65. The Morgan fingerprint density at radius 3 is 2.64 bits per heavy atom. The van der Waals surface area contributed by atoms with Crippen molar-refractivity contribution >= 4 is 22.8 Å². The summed E-state index contributed by atoms with van der Waals surface area (Å²) >= 11 is 0. The fourth-order valence-electron chi connectivity index (χ4n) is 2.33. The first-order valence-corrected chi connectivity index (χ1v) is 6.85. The van der Waals surface area contributed by atoms with E-state index in [1.54, 1.807) is 12.1 Å². The van der Waals surface area contributed by atoms with Gasteiger partial charge >= 0.3 is 0 Å². The Balaban J connectivity index is 1.94. The number of benzene rings is 1. The molecule has 0 saturated heterocycles. The van der Waals surface area contributed by atoms with Gasteiger partial charge in [0, 0.05) is 11.1 Å². The number of pyridine rings is 2. The van der Waals surface area contributed by atoms with Gasteiger partial charge in [-0.1, -0.05) is 12.1 Å². The molecule has 110 valence electrons. The van der Waals surface area contributed by atoms with Crippen molar-refractivity contribution in [2.75, 3.05) is 5.32 Å². The lowest BCUT2D eigenvalue weighted by Gasteiger charge is -2.08. The fourth-order valence-corrected chi connectivity index (χ4v) is 2.33. The fraction of sp³-hybridized carbons (Fsp3) is 0.118. The van der Waals surface area contributed by atoms with Gasteiger partial charge in [0.1, 0.15) is 11.6 Å². The van der Waals surface area contributed by atoms with Crippen molar-refractivity contribution in [2.45, 2.75) is 13.8 Å². The second-order valence-corrected chi connectivity index (χ2v) is 5.08. The normalized spacial score (nSPS) is 10.7. The summed E-state index contributed by atoms with van der Waals surface area (Å²) in [5.41, 5.74) is 2.47. The number of hydrogen-bond acceptors (Lipinski definition) is 3. The van der Waals surface area contributed by atoms with Crippen LogP contribution in [0.4, 0.5) is 10.2 Å². The first-order valence-electron chi connectivity index (χ1n) is 6.85. The highest BCUT2D eigenvalue weighted by atomic mass is 19.1. The molecule has 22 heavy (non-hydrogen) atoms. The Morgan fingerprint density at radius 2 is 1.86 bits per heavy atom. The third-order valence-electron chi connectivity index (χ3n) is 3.37. The van der Waals surface area contributed by atoms with Crippen LogP contribution in [-0.4, -0.2) is 15.9 Å². The molecule has 3 aromatic rings. The van der Waals surface area contributed by atoms with Crippen LogP contribution in [0, 0.1) is 19.7 Å². The number of carbonyl (C=O) groups is 1. The van der Waals surface area contributed by atoms with Crippen molar-refractivity contribution in [3.05, 3.63) is 65.1 Å². The summed E-state index contributed by atoms with van der Waals surface area (Å²) in [6.45, 7) is 3.87. The Labute approximate surface area is 127 Å². The van der Waals surface area contributed by atoms with E-state index in [9.17, 15) is 9.18 Å². The molecule has 2 heterocycles. The monoisotopic (exact) mass is 295 g/mol. The van der Waals surface area contributed by atoms with E-state index >= 15 is 0 Å². The highest BCUT2D eigenvalue weighted by Gasteiger charge is 2.12. The largest absolute Gasteiger partial charge is 0.306 e. The Kier molecular flexibility index (Phi) is 3.55. The Hall–Kier alpha value is -2.82. The number of rotatable bonds is 2. The molecule has 2 aromatic heterocycles. The quantitative estimate of drug-likeness (QED) is 0.785. The van der Waals surface area contributed by atoms with Crippen LogP contribution < -0.4 is 5.32 Å². The van der Waals surface area contributed by atoms with E-state index in [0.717, 1.165) is 16.6 Å². The van der Waals surface area contributed by atoms with Crippen LogP contribution in [-0.2, 0) is 0 Å². The SMILES string of the molecule is Cc1cc(C)c2ccc(NC(=O)c3ccccc3F)nc2n1. The summed E-state index contributed by atoms with van der Waals surface area (Å²) in [5, 5.41) is 3.53. The molecule has 0 aliphatic carbocycles. The molecule has 0 atom stereocenters. The maximum absolute atomic E-state index is 13.6. The number of nitrogens with zero attached hydrogens (tertiary/aromatic N) is 2. The number of amides is 1. The summed E-state index contributed by atoms with van der Waals surface area (Å²) in [4.78, 5) is 20.8. The van der Waals surface area contributed by atoms with Crippen LogP contribution in [0.1, 0.15) is 21.6 Å². The van der Waals surface area contributed by atoms with Crippen LogP contribution in [0.15, 0.2) is 42.5 Å². The van der Waals surface area contributed by atoms with Gasteiger partial charge in [-0.25, -0.2) is 14.4 Å². The smallest absolute Gasteiger partial charge is 0.259 e. The maximum Gasteiger partial charge on any atom is 0.259 e. The topological polar surface area (TPSA) is 54.9 Å². The van der Waals surface area contributed by atoms with Crippen LogP contribution in [0.25, 0.3) is 11.0 Å². The molecule has 1 aromatic carbocycles. The molecule has 1 amide bonds. The summed E-state index contributed by atoms with van der Waals surface area (Å²) in [5.74, 6) is -0.752. The molecule has 0 bridgehead atoms. The average molecular weight is 295 g/mol.